The van der Waals surface area contributed by atoms with Crippen molar-refractivity contribution in [2.75, 3.05) is 11.5 Å². The molecule has 42 heavy (non-hydrogen) atoms. The molecule has 2 aromatic rings. The van der Waals surface area contributed by atoms with Gasteiger partial charge in [0.25, 0.3) is 5.92 Å². The number of Topliss-reactive ketones (excluding diaryl/α,β-unsaturated/α-hetero) is 1. The first-order valence-corrected chi connectivity index (χ1v) is 14.8. The molecule has 0 saturated carbocycles. The van der Waals surface area contributed by atoms with Gasteiger partial charge in [0, 0.05) is 24.0 Å². The zero-order valence-corrected chi connectivity index (χ0v) is 24.7. The third-order valence-corrected chi connectivity index (χ3v) is 9.00. The highest BCUT2D eigenvalue weighted by Gasteiger charge is 2.40. The topological polar surface area (TPSA) is 51.2 Å². The van der Waals surface area contributed by atoms with E-state index in [2.05, 4.69) is 0 Å². The summed E-state index contributed by atoms with van der Waals surface area (Å²) in [6.07, 6.45) is -11.6. The second-order valence-corrected chi connectivity index (χ2v) is 12.9. The first-order valence-electron chi connectivity index (χ1n) is 11.9. The molecule has 0 aromatic heterocycles. The number of ketones is 1. The molecule has 0 spiro atoms. The number of hydrogen-bond acceptors (Lipinski definition) is 3. The standard InChI is InChI=1S/C26H22Cl3F9O3S/c1-3-24(31,32)17(15-8-19(27)23(29)20(28)9-15)10-21(30)14-4-5-16(18(7-14)26(36,37)38)22(39)6-13(2)11-42(40,41)12-25(33,34)35/h4-5,7-10,13,17H,3,6,11-12H2,1-2H3/b21-10-/t13-,17?/m0/s1. The third-order valence-electron chi connectivity index (χ3n) is 5.96. The average molecular weight is 692 g/mol. The smallest absolute Gasteiger partial charge is 0.294 e. The van der Waals surface area contributed by atoms with Crippen LogP contribution in [0.1, 0.15) is 59.7 Å². The van der Waals surface area contributed by atoms with Crippen LogP contribution in [0.5, 0.6) is 0 Å². The summed E-state index contributed by atoms with van der Waals surface area (Å²) in [6, 6.07) is 3.53. The summed E-state index contributed by atoms with van der Waals surface area (Å²) in [5.41, 5.74) is -3.77. The van der Waals surface area contributed by atoms with Crippen molar-refractivity contribution in [2.24, 2.45) is 5.92 Å². The fraction of sp³-hybridized carbons (Fsp3) is 0.423. The fourth-order valence-corrected chi connectivity index (χ4v) is 6.29. The van der Waals surface area contributed by atoms with Crippen molar-refractivity contribution in [3.05, 3.63) is 73.7 Å². The van der Waals surface area contributed by atoms with E-state index in [4.69, 9.17) is 34.8 Å². The molecule has 2 atom stereocenters. The van der Waals surface area contributed by atoms with E-state index in [-0.39, 0.29) is 26.7 Å². The Kier molecular flexibility index (Phi) is 11.5. The van der Waals surface area contributed by atoms with Crippen LogP contribution in [0.2, 0.25) is 15.1 Å². The lowest BCUT2D eigenvalue weighted by molar-refractivity contribution is -0.138. The number of benzene rings is 2. The largest absolute Gasteiger partial charge is 0.417 e. The molecule has 234 valence electrons. The summed E-state index contributed by atoms with van der Waals surface area (Å²) < 4.78 is 147. The number of halogens is 12. The molecule has 0 aliphatic carbocycles. The molecule has 0 fully saturated rings. The van der Waals surface area contributed by atoms with Crippen molar-refractivity contribution >= 4 is 56.3 Å². The molecular weight excluding hydrogens is 670 g/mol. The maximum atomic E-state index is 15.3. The summed E-state index contributed by atoms with van der Waals surface area (Å²) in [5.74, 6) is -13.0. The minimum atomic E-state index is -5.25. The first-order chi connectivity index (χ1) is 19.0. The van der Waals surface area contributed by atoms with Crippen molar-refractivity contribution < 1.29 is 52.7 Å². The molecule has 0 saturated heterocycles. The Bertz CT molecular complexity index is 1430. The number of rotatable bonds is 11. The SMILES string of the molecule is CCC(F)(F)C(/C=C(\F)c1ccc(C(=O)C[C@H](C)CS(=O)(=O)CC(F)(F)F)c(C(F)(F)F)c1)c1cc(Cl)c(Cl)c(Cl)c1. The Morgan fingerprint density at radius 3 is 1.98 bits per heavy atom. The van der Waals surface area contributed by atoms with Gasteiger partial charge in [0.2, 0.25) is 0 Å². The van der Waals surface area contributed by atoms with Gasteiger partial charge >= 0.3 is 12.4 Å². The van der Waals surface area contributed by atoms with E-state index in [0.29, 0.717) is 12.1 Å². The molecule has 0 aliphatic rings. The number of hydrogen-bond donors (Lipinski definition) is 0. The van der Waals surface area contributed by atoms with Crippen molar-refractivity contribution in [3.63, 3.8) is 0 Å². The van der Waals surface area contributed by atoms with Crippen molar-refractivity contribution in [3.8, 4) is 0 Å². The maximum Gasteiger partial charge on any atom is 0.417 e. The minimum absolute atomic E-state index is 0.160. The second-order valence-electron chi connectivity index (χ2n) is 9.57. The van der Waals surface area contributed by atoms with Crippen LogP contribution in [0.25, 0.3) is 5.83 Å². The highest BCUT2D eigenvalue weighted by Crippen LogP contribution is 2.43. The Morgan fingerprint density at radius 1 is 0.952 bits per heavy atom. The number of carbonyl (C=O) groups excluding carboxylic acids is 1. The van der Waals surface area contributed by atoms with Crippen LogP contribution in [0.3, 0.4) is 0 Å². The quantitative estimate of drug-likeness (QED) is 0.134. The van der Waals surface area contributed by atoms with Crippen LogP contribution >= 0.6 is 34.8 Å². The molecule has 0 heterocycles. The molecule has 3 nitrogen and oxygen atoms in total. The van der Waals surface area contributed by atoms with Crippen LogP contribution in [0, 0.1) is 5.92 Å². The zero-order valence-electron chi connectivity index (χ0n) is 21.6. The van der Waals surface area contributed by atoms with E-state index in [0.717, 1.165) is 32.0 Å². The summed E-state index contributed by atoms with van der Waals surface area (Å²) in [4.78, 5) is 12.6. The summed E-state index contributed by atoms with van der Waals surface area (Å²) in [7, 11) is -4.72. The number of sulfone groups is 1. The monoisotopic (exact) mass is 690 g/mol. The number of allylic oxidation sites excluding steroid dienone is 1. The highest BCUT2D eigenvalue weighted by molar-refractivity contribution is 7.91. The van der Waals surface area contributed by atoms with E-state index in [9.17, 15) is 48.3 Å². The third kappa shape index (κ3) is 9.78. The molecule has 2 aromatic carbocycles. The molecule has 0 amide bonds. The average Bonchev–Trinajstić information content (AvgIpc) is 2.82. The van der Waals surface area contributed by atoms with E-state index >= 15 is 4.39 Å². The minimum Gasteiger partial charge on any atom is -0.294 e. The van der Waals surface area contributed by atoms with Gasteiger partial charge in [0.15, 0.2) is 15.6 Å². The predicted octanol–water partition coefficient (Wildman–Crippen LogP) is 9.99. The molecule has 0 aliphatic heterocycles. The highest BCUT2D eigenvalue weighted by atomic mass is 35.5. The van der Waals surface area contributed by atoms with Gasteiger partial charge in [-0.3, -0.25) is 4.79 Å². The van der Waals surface area contributed by atoms with Gasteiger partial charge in [-0.25, -0.2) is 21.6 Å². The van der Waals surface area contributed by atoms with E-state index in [1.165, 1.54) is 0 Å². The maximum absolute atomic E-state index is 15.3. The zero-order chi connectivity index (χ0) is 32.4. The van der Waals surface area contributed by atoms with E-state index in [1.54, 1.807) is 0 Å². The van der Waals surface area contributed by atoms with Crippen LogP contribution < -0.4 is 0 Å². The lowest BCUT2D eigenvalue weighted by Gasteiger charge is -2.25. The number of alkyl halides is 8. The van der Waals surface area contributed by atoms with E-state index < -0.39 is 92.6 Å². The van der Waals surface area contributed by atoms with Crippen LogP contribution in [0.15, 0.2) is 36.4 Å². The normalized spacial score (nSPS) is 15.0. The Balaban J connectivity index is 2.50. The van der Waals surface area contributed by atoms with Gasteiger partial charge in [-0.1, -0.05) is 60.8 Å². The molecule has 1 unspecified atom stereocenters. The summed E-state index contributed by atoms with van der Waals surface area (Å²) >= 11 is 17.7. The lowest BCUT2D eigenvalue weighted by Crippen LogP contribution is -2.28. The van der Waals surface area contributed by atoms with Gasteiger partial charge in [-0.05, 0) is 35.8 Å². The van der Waals surface area contributed by atoms with Gasteiger partial charge < -0.3 is 0 Å². The predicted molar refractivity (Wildman–Crippen MR) is 143 cm³/mol. The Labute approximate surface area is 250 Å². The second kappa shape index (κ2) is 13.4. The molecule has 0 bridgehead atoms. The molecule has 16 heteroatoms. The first kappa shape index (κ1) is 36.2. The van der Waals surface area contributed by atoms with Crippen molar-refractivity contribution in [2.45, 2.75) is 50.9 Å². The van der Waals surface area contributed by atoms with Crippen molar-refractivity contribution in [1.29, 1.82) is 0 Å². The van der Waals surface area contributed by atoms with Crippen LogP contribution in [-0.4, -0.2) is 37.8 Å². The fourth-order valence-electron chi connectivity index (χ4n) is 4.08. The van der Waals surface area contributed by atoms with Gasteiger partial charge in [0.05, 0.1) is 32.3 Å². The van der Waals surface area contributed by atoms with Gasteiger partial charge in [-0.15, -0.1) is 0 Å². The molecule has 2 rings (SSSR count). The molecule has 0 radical (unpaired) electrons. The van der Waals surface area contributed by atoms with Gasteiger partial charge in [-0.2, -0.15) is 26.3 Å². The van der Waals surface area contributed by atoms with Crippen LogP contribution in [0.4, 0.5) is 39.5 Å². The Morgan fingerprint density at radius 2 is 1.50 bits per heavy atom. The summed E-state index contributed by atoms with van der Waals surface area (Å²) in [6.45, 7) is 2.16. The summed E-state index contributed by atoms with van der Waals surface area (Å²) in [5, 5.41) is -0.618. The molecular formula is C26H22Cl3F9O3S. The lowest BCUT2D eigenvalue weighted by atomic mass is 9.89. The van der Waals surface area contributed by atoms with E-state index in [1.807, 2.05) is 0 Å². The molecule has 0 N–H and O–H groups in total. The van der Waals surface area contributed by atoms with Crippen molar-refractivity contribution in [1.82, 2.24) is 0 Å². The van der Waals surface area contributed by atoms with Gasteiger partial charge in [0.1, 0.15) is 11.6 Å². The van der Waals surface area contributed by atoms with Crippen LogP contribution in [-0.2, 0) is 16.0 Å². The Hall–Kier alpha value is -1.96. The number of carbonyl (C=O) groups is 1.